The summed E-state index contributed by atoms with van der Waals surface area (Å²) in [5, 5.41) is 14.0. The minimum atomic E-state index is -1.26. The third-order valence-electron chi connectivity index (χ3n) is 2.91. The van der Waals surface area contributed by atoms with Crippen LogP contribution < -0.4 is 15.2 Å². The van der Waals surface area contributed by atoms with Crippen LogP contribution >= 0.6 is 0 Å². The minimum Gasteiger partial charge on any atom is -0.545 e. The number of rotatable bonds is 7. The van der Waals surface area contributed by atoms with Crippen molar-refractivity contribution in [3.63, 3.8) is 0 Å². The number of carboxylic acids is 1. The zero-order valence-corrected chi connectivity index (χ0v) is 11.8. The number of aromatic carboxylic acids is 1. The van der Waals surface area contributed by atoms with Crippen LogP contribution in [0.5, 0.6) is 5.75 Å². The van der Waals surface area contributed by atoms with E-state index in [1.54, 1.807) is 6.07 Å². The molecule has 21 heavy (non-hydrogen) atoms. The van der Waals surface area contributed by atoms with Crippen molar-refractivity contribution in [3.05, 3.63) is 48.2 Å². The highest BCUT2D eigenvalue weighted by Crippen LogP contribution is 2.21. The van der Waals surface area contributed by atoms with Crippen LogP contribution in [0.2, 0.25) is 0 Å². The van der Waals surface area contributed by atoms with Gasteiger partial charge >= 0.3 is 0 Å². The fourth-order valence-corrected chi connectivity index (χ4v) is 1.78. The molecule has 1 aromatic heterocycles. The van der Waals surface area contributed by atoms with Crippen molar-refractivity contribution in [2.75, 3.05) is 11.9 Å². The third kappa shape index (κ3) is 4.21. The standard InChI is InChI=1S/C16H18N2O3/c1-2-3-11-21-13-8-6-12(7-9-13)18-15-14(16(19)20)5-4-10-17-15/h4-10H,2-3,11H2,1H3,(H,17,18)(H,19,20)/p-1. The van der Waals surface area contributed by atoms with Crippen molar-refractivity contribution in [1.82, 2.24) is 4.98 Å². The number of ether oxygens (including phenoxy) is 1. The van der Waals surface area contributed by atoms with Crippen LogP contribution in [0.3, 0.4) is 0 Å². The van der Waals surface area contributed by atoms with Crippen LogP contribution in [-0.4, -0.2) is 17.6 Å². The first-order valence-corrected chi connectivity index (χ1v) is 6.87. The van der Waals surface area contributed by atoms with Gasteiger partial charge < -0.3 is 20.0 Å². The van der Waals surface area contributed by atoms with E-state index in [0.717, 1.165) is 24.3 Å². The number of anilines is 2. The Labute approximate surface area is 123 Å². The maximum absolute atomic E-state index is 11.0. The Hall–Kier alpha value is -2.56. The zero-order chi connectivity index (χ0) is 15.1. The van der Waals surface area contributed by atoms with Gasteiger partial charge in [0.25, 0.3) is 0 Å². The zero-order valence-electron chi connectivity index (χ0n) is 11.8. The van der Waals surface area contributed by atoms with Gasteiger partial charge in [-0.2, -0.15) is 0 Å². The van der Waals surface area contributed by atoms with Crippen molar-refractivity contribution < 1.29 is 14.6 Å². The normalized spacial score (nSPS) is 10.1. The summed E-state index contributed by atoms with van der Waals surface area (Å²) >= 11 is 0. The number of pyridine rings is 1. The quantitative estimate of drug-likeness (QED) is 0.790. The second-order valence-corrected chi connectivity index (χ2v) is 4.54. The van der Waals surface area contributed by atoms with Gasteiger partial charge in [0, 0.05) is 17.4 Å². The molecular formula is C16H17N2O3-. The molecule has 0 aliphatic heterocycles. The largest absolute Gasteiger partial charge is 0.545 e. The van der Waals surface area contributed by atoms with E-state index < -0.39 is 5.97 Å². The van der Waals surface area contributed by atoms with Crippen LogP contribution in [0.4, 0.5) is 11.5 Å². The van der Waals surface area contributed by atoms with Crippen molar-refractivity contribution >= 4 is 17.5 Å². The van der Waals surface area contributed by atoms with Crippen LogP contribution in [0, 0.1) is 0 Å². The first-order valence-electron chi connectivity index (χ1n) is 6.87. The SMILES string of the molecule is CCCCOc1ccc(Nc2ncccc2C(=O)[O-])cc1. The molecule has 5 heteroatoms. The van der Waals surface area contributed by atoms with Gasteiger partial charge in [0.1, 0.15) is 11.6 Å². The number of nitrogens with one attached hydrogen (secondary N) is 1. The van der Waals surface area contributed by atoms with Crippen LogP contribution in [0.1, 0.15) is 30.1 Å². The Bertz CT molecular complexity index is 597. The van der Waals surface area contributed by atoms with Gasteiger partial charge in [-0.3, -0.25) is 0 Å². The Morgan fingerprint density at radius 3 is 2.71 bits per heavy atom. The second kappa shape index (κ2) is 7.28. The van der Waals surface area contributed by atoms with Gasteiger partial charge in [0.15, 0.2) is 0 Å². The van der Waals surface area contributed by atoms with E-state index in [-0.39, 0.29) is 11.4 Å². The maximum atomic E-state index is 11.0. The molecule has 1 N–H and O–H groups in total. The number of carboxylic acid groups (broad SMARTS) is 1. The molecule has 0 bridgehead atoms. The Morgan fingerprint density at radius 1 is 1.29 bits per heavy atom. The van der Waals surface area contributed by atoms with Crippen LogP contribution in [-0.2, 0) is 0 Å². The summed E-state index contributed by atoms with van der Waals surface area (Å²) in [6.45, 7) is 2.80. The summed E-state index contributed by atoms with van der Waals surface area (Å²) < 4.78 is 5.57. The fraction of sp³-hybridized carbons (Fsp3) is 0.250. The van der Waals surface area contributed by atoms with E-state index in [9.17, 15) is 9.90 Å². The fourth-order valence-electron chi connectivity index (χ4n) is 1.78. The molecule has 0 fully saturated rings. The van der Waals surface area contributed by atoms with Gasteiger partial charge in [0.2, 0.25) is 0 Å². The third-order valence-corrected chi connectivity index (χ3v) is 2.91. The summed E-state index contributed by atoms with van der Waals surface area (Å²) in [5.74, 6) is -0.211. The minimum absolute atomic E-state index is 0.0285. The van der Waals surface area contributed by atoms with E-state index in [2.05, 4.69) is 17.2 Å². The highest BCUT2D eigenvalue weighted by atomic mass is 16.5. The molecule has 0 spiro atoms. The number of benzene rings is 1. The second-order valence-electron chi connectivity index (χ2n) is 4.54. The maximum Gasteiger partial charge on any atom is 0.139 e. The molecule has 0 saturated heterocycles. The summed E-state index contributed by atoms with van der Waals surface area (Å²) in [6, 6.07) is 10.3. The molecule has 0 aliphatic carbocycles. The molecule has 110 valence electrons. The summed E-state index contributed by atoms with van der Waals surface area (Å²) in [6.07, 6.45) is 3.63. The smallest absolute Gasteiger partial charge is 0.139 e. The predicted octanol–water partition coefficient (Wildman–Crippen LogP) is 2.37. The van der Waals surface area contributed by atoms with Gasteiger partial charge in [-0.05, 0) is 42.8 Å². The van der Waals surface area contributed by atoms with Crippen molar-refractivity contribution in [3.8, 4) is 5.75 Å². The molecule has 0 atom stereocenters. The number of unbranched alkanes of at least 4 members (excludes halogenated alkanes) is 1. The Kier molecular flexibility index (Phi) is 5.15. The Balaban J connectivity index is 2.05. The van der Waals surface area contributed by atoms with Gasteiger partial charge in [-0.15, -0.1) is 0 Å². The summed E-state index contributed by atoms with van der Waals surface area (Å²) in [4.78, 5) is 15.0. The molecule has 2 rings (SSSR count). The average molecular weight is 285 g/mol. The van der Waals surface area contributed by atoms with Gasteiger partial charge in [-0.1, -0.05) is 13.3 Å². The topological polar surface area (TPSA) is 74.3 Å². The molecule has 0 radical (unpaired) electrons. The molecular weight excluding hydrogens is 268 g/mol. The number of carbonyl (C=O) groups excluding carboxylic acids is 1. The summed E-state index contributed by atoms with van der Waals surface area (Å²) in [5.41, 5.74) is 0.764. The van der Waals surface area contributed by atoms with Crippen molar-refractivity contribution in [2.24, 2.45) is 0 Å². The van der Waals surface area contributed by atoms with Crippen molar-refractivity contribution in [1.29, 1.82) is 0 Å². The highest BCUT2D eigenvalue weighted by Gasteiger charge is 2.04. The molecule has 1 aromatic carbocycles. The average Bonchev–Trinajstić information content (AvgIpc) is 2.50. The molecule has 5 nitrogen and oxygen atoms in total. The van der Waals surface area contributed by atoms with Crippen LogP contribution in [0.15, 0.2) is 42.6 Å². The highest BCUT2D eigenvalue weighted by molar-refractivity contribution is 5.92. The first-order chi connectivity index (χ1) is 10.2. The number of nitrogens with zero attached hydrogens (tertiary/aromatic N) is 1. The lowest BCUT2D eigenvalue weighted by atomic mass is 10.2. The lowest BCUT2D eigenvalue weighted by molar-refractivity contribution is -0.254. The number of aromatic nitrogens is 1. The van der Waals surface area contributed by atoms with Gasteiger partial charge in [-0.25, -0.2) is 4.98 Å². The molecule has 0 unspecified atom stereocenters. The molecule has 0 saturated carbocycles. The van der Waals surface area contributed by atoms with E-state index in [1.807, 2.05) is 24.3 Å². The number of hydrogen-bond acceptors (Lipinski definition) is 5. The lowest BCUT2D eigenvalue weighted by Gasteiger charge is -2.12. The molecule has 2 aromatic rings. The van der Waals surface area contributed by atoms with E-state index in [4.69, 9.17) is 4.74 Å². The molecule has 0 amide bonds. The first kappa shape index (κ1) is 14.8. The van der Waals surface area contributed by atoms with E-state index in [0.29, 0.717) is 6.61 Å². The van der Waals surface area contributed by atoms with Gasteiger partial charge in [0.05, 0.1) is 12.6 Å². The van der Waals surface area contributed by atoms with Crippen LogP contribution in [0.25, 0.3) is 0 Å². The van der Waals surface area contributed by atoms with Crippen molar-refractivity contribution in [2.45, 2.75) is 19.8 Å². The Morgan fingerprint density at radius 2 is 2.05 bits per heavy atom. The van der Waals surface area contributed by atoms with E-state index in [1.165, 1.54) is 12.3 Å². The van der Waals surface area contributed by atoms with E-state index >= 15 is 0 Å². The molecule has 0 aliphatic rings. The predicted molar refractivity (Wildman–Crippen MR) is 78.7 cm³/mol. The lowest BCUT2D eigenvalue weighted by Crippen LogP contribution is -2.23. The number of carbonyl (C=O) groups is 1. The summed E-state index contributed by atoms with van der Waals surface area (Å²) in [7, 11) is 0. The molecule has 1 heterocycles. The monoisotopic (exact) mass is 285 g/mol. The number of hydrogen-bond donors (Lipinski definition) is 1.